The number of nitrogens with zero attached hydrogens (tertiary/aromatic N) is 1. The normalized spacial score (nSPS) is 12.9. The van der Waals surface area contributed by atoms with Crippen molar-refractivity contribution in [3.8, 4) is 11.3 Å². The Morgan fingerprint density at radius 2 is 1.58 bits per heavy atom. The van der Waals surface area contributed by atoms with Gasteiger partial charge in [0.15, 0.2) is 0 Å². The molecule has 0 bridgehead atoms. The summed E-state index contributed by atoms with van der Waals surface area (Å²) >= 11 is 0. The first kappa shape index (κ1) is 18.3. The molecule has 0 aliphatic rings. The van der Waals surface area contributed by atoms with Gasteiger partial charge in [-0.15, -0.1) is 0 Å². The summed E-state index contributed by atoms with van der Waals surface area (Å²) in [6.07, 6.45) is 0. The topological polar surface area (TPSA) is 89.3 Å². The number of hydrogen-bond donors (Lipinski definition) is 1. The van der Waals surface area contributed by atoms with Crippen molar-refractivity contribution in [1.29, 1.82) is 0 Å². The van der Waals surface area contributed by atoms with Crippen molar-refractivity contribution in [1.82, 2.24) is 5.16 Å². The lowest BCUT2D eigenvalue weighted by molar-refractivity contribution is 0.347. The average molecular weight is 390 g/mol. The second kappa shape index (κ2) is 7.43. The Morgan fingerprint density at radius 3 is 2.15 bits per heavy atom. The lowest BCUT2D eigenvalue weighted by Crippen LogP contribution is -2.15. The predicted octanol–water partition coefficient (Wildman–Crippen LogP) is 3.66. The Bertz CT molecular complexity index is 1010. The first-order chi connectivity index (χ1) is 12.4. The Labute approximate surface area is 154 Å². The molecule has 1 N–H and O–H groups in total. The van der Waals surface area contributed by atoms with Gasteiger partial charge in [0, 0.05) is 10.8 Å². The summed E-state index contributed by atoms with van der Waals surface area (Å²) in [7, 11) is -5.43. The third-order valence-corrected chi connectivity index (χ3v) is 6.47. The van der Waals surface area contributed by atoms with Gasteiger partial charge < -0.3 is 4.52 Å². The molecule has 0 saturated heterocycles. The molecule has 0 aliphatic heterocycles. The van der Waals surface area contributed by atoms with Crippen molar-refractivity contribution in [3.05, 3.63) is 60.7 Å². The van der Waals surface area contributed by atoms with Crippen molar-refractivity contribution in [3.63, 3.8) is 0 Å². The maximum Gasteiger partial charge on any atom is 0.262 e. The number of hydrogen-bond acceptors (Lipinski definition) is 5. The van der Waals surface area contributed by atoms with E-state index in [4.69, 9.17) is 4.52 Å². The summed E-state index contributed by atoms with van der Waals surface area (Å²) in [6, 6.07) is 17.0. The molecule has 26 heavy (non-hydrogen) atoms. The summed E-state index contributed by atoms with van der Waals surface area (Å²) in [5.41, 5.74) is 1.07. The fourth-order valence-corrected chi connectivity index (χ4v) is 4.35. The van der Waals surface area contributed by atoms with Gasteiger partial charge in [-0.1, -0.05) is 67.5 Å². The van der Waals surface area contributed by atoms with E-state index in [9.17, 15) is 12.6 Å². The molecule has 1 atom stereocenters. The molecule has 3 rings (SSSR count). The van der Waals surface area contributed by atoms with Crippen LogP contribution in [0.1, 0.15) is 13.8 Å². The van der Waals surface area contributed by atoms with Gasteiger partial charge in [0.05, 0.1) is 15.7 Å². The molecule has 1 aromatic heterocycles. The second-order valence-electron chi connectivity index (χ2n) is 5.82. The SMILES string of the molecule is CC(C)S(=O)c1onc(-c2ccccc2)c1NS(=O)(=O)c1ccccc1. The van der Waals surface area contributed by atoms with E-state index in [-0.39, 0.29) is 20.9 Å². The van der Waals surface area contributed by atoms with Crippen LogP contribution in [-0.4, -0.2) is 23.0 Å². The van der Waals surface area contributed by atoms with Crippen LogP contribution in [0.25, 0.3) is 11.3 Å². The number of rotatable bonds is 6. The minimum absolute atomic E-state index is 0.0124. The maximum atomic E-state index is 12.7. The third kappa shape index (κ3) is 3.71. The van der Waals surface area contributed by atoms with E-state index >= 15 is 0 Å². The van der Waals surface area contributed by atoms with E-state index in [2.05, 4.69) is 9.88 Å². The van der Waals surface area contributed by atoms with Crippen molar-refractivity contribution in [2.75, 3.05) is 4.72 Å². The van der Waals surface area contributed by atoms with Gasteiger partial charge >= 0.3 is 0 Å². The van der Waals surface area contributed by atoms with Gasteiger partial charge in [-0.25, -0.2) is 8.42 Å². The van der Waals surface area contributed by atoms with Crippen LogP contribution in [0.4, 0.5) is 5.69 Å². The van der Waals surface area contributed by atoms with Gasteiger partial charge in [-0.05, 0) is 12.1 Å². The molecule has 1 heterocycles. The van der Waals surface area contributed by atoms with E-state index in [1.807, 2.05) is 6.07 Å². The van der Waals surface area contributed by atoms with E-state index in [1.54, 1.807) is 56.3 Å². The highest BCUT2D eigenvalue weighted by atomic mass is 32.2. The van der Waals surface area contributed by atoms with Gasteiger partial charge in [-0.3, -0.25) is 8.93 Å². The lowest BCUT2D eigenvalue weighted by Gasteiger charge is -2.10. The number of aromatic nitrogens is 1. The highest BCUT2D eigenvalue weighted by molar-refractivity contribution is 7.93. The molecule has 0 spiro atoms. The Hall–Kier alpha value is -2.45. The number of anilines is 1. The van der Waals surface area contributed by atoms with Crippen molar-refractivity contribution < 1.29 is 17.1 Å². The highest BCUT2D eigenvalue weighted by Gasteiger charge is 2.28. The first-order valence-electron chi connectivity index (χ1n) is 7.93. The van der Waals surface area contributed by atoms with E-state index in [0.29, 0.717) is 11.3 Å². The molecule has 3 aromatic rings. The third-order valence-electron chi connectivity index (χ3n) is 3.61. The van der Waals surface area contributed by atoms with Gasteiger partial charge in [-0.2, -0.15) is 0 Å². The Morgan fingerprint density at radius 1 is 1.00 bits per heavy atom. The molecule has 0 saturated carbocycles. The summed E-state index contributed by atoms with van der Waals surface area (Å²) in [5.74, 6) is 0. The van der Waals surface area contributed by atoms with Crippen LogP contribution in [-0.2, 0) is 20.8 Å². The van der Waals surface area contributed by atoms with Crippen LogP contribution in [0.3, 0.4) is 0 Å². The van der Waals surface area contributed by atoms with Crippen LogP contribution >= 0.6 is 0 Å². The smallest absolute Gasteiger partial charge is 0.262 e. The van der Waals surface area contributed by atoms with Crippen molar-refractivity contribution in [2.45, 2.75) is 29.1 Å². The molecule has 0 fully saturated rings. The van der Waals surface area contributed by atoms with Crippen LogP contribution < -0.4 is 4.72 Å². The Kier molecular flexibility index (Phi) is 5.24. The monoisotopic (exact) mass is 390 g/mol. The molecule has 1 unspecified atom stereocenters. The van der Waals surface area contributed by atoms with Crippen molar-refractivity contribution >= 4 is 26.5 Å². The zero-order valence-electron chi connectivity index (χ0n) is 14.2. The zero-order valence-corrected chi connectivity index (χ0v) is 15.9. The molecule has 2 aromatic carbocycles. The molecule has 136 valence electrons. The Balaban J connectivity index is 2.12. The largest absolute Gasteiger partial charge is 0.344 e. The van der Waals surface area contributed by atoms with Crippen LogP contribution in [0.15, 0.2) is 75.2 Å². The van der Waals surface area contributed by atoms with Gasteiger partial charge in [0.25, 0.3) is 10.0 Å². The number of benzene rings is 2. The number of sulfonamides is 1. The highest BCUT2D eigenvalue weighted by Crippen LogP contribution is 2.35. The molecule has 0 amide bonds. The van der Waals surface area contributed by atoms with Crippen molar-refractivity contribution in [2.24, 2.45) is 0 Å². The van der Waals surface area contributed by atoms with Crippen LogP contribution in [0.5, 0.6) is 0 Å². The molecule has 0 radical (unpaired) electrons. The minimum Gasteiger partial charge on any atom is -0.344 e. The maximum absolute atomic E-state index is 12.7. The molecule has 8 heteroatoms. The summed E-state index contributed by atoms with van der Waals surface area (Å²) < 4.78 is 45.9. The van der Waals surface area contributed by atoms with Crippen LogP contribution in [0, 0.1) is 0 Å². The standard InChI is InChI=1S/C18H18N2O4S2/c1-13(2)25(21)18-17(16(19-24-18)14-9-5-3-6-10-14)20-26(22,23)15-11-7-4-8-12-15/h3-13,20H,1-2H3. The lowest BCUT2D eigenvalue weighted by atomic mass is 10.1. The van der Waals surface area contributed by atoms with Gasteiger partial charge in [0.2, 0.25) is 5.09 Å². The fraction of sp³-hybridized carbons (Fsp3) is 0.167. The molecular formula is C18H18N2O4S2. The quantitative estimate of drug-likeness (QED) is 0.694. The van der Waals surface area contributed by atoms with E-state index in [1.165, 1.54) is 12.1 Å². The summed E-state index contributed by atoms with van der Waals surface area (Å²) in [4.78, 5) is 0.0986. The fourth-order valence-electron chi connectivity index (χ4n) is 2.30. The average Bonchev–Trinajstić information content (AvgIpc) is 3.05. The predicted molar refractivity (Wildman–Crippen MR) is 101 cm³/mol. The zero-order chi connectivity index (χ0) is 18.7. The van der Waals surface area contributed by atoms with E-state index in [0.717, 1.165) is 0 Å². The van der Waals surface area contributed by atoms with Crippen LogP contribution in [0.2, 0.25) is 0 Å². The second-order valence-corrected chi connectivity index (χ2v) is 9.42. The van der Waals surface area contributed by atoms with Gasteiger partial charge in [0.1, 0.15) is 11.4 Å². The number of nitrogens with one attached hydrogen (secondary N) is 1. The minimum atomic E-state index is -3.88. The molecule has 6 nitrogen and oxygen atoms in total. The van der Waals surface area contributed by atoms with E-state index < -0.39 is 20.8 Å². The molecular weight excluding hydrogens is 372 g/mol. The molecule has 0 aliphatic carbocycles. The summed E-state index contributed by atoms with van der Waals surface area (Å²) in [5, 5.41) is 3.73. The first-order valence-corrected chi connectivity index (χ1v) is 10.6. The summed E-state index contributed by atoms with van der Waals surface area (Å²) in [6.45, 7) is 3.52.